The maximum atomic E-state index is 5.29. The first kappa shape index (κ1) is 14.1. The lowest BCUT2D eigenvalue weighted by Gasteiger charge is -2.13. The van der Waals surface area contributed by atoms with Gasteiger partial charge in [0.25, 0.3) is 0 Å². The van der Waals surface area contributed by atoms with Crippen molar-refractivity contribution in [3.05, 3.63) is 18.2 Å². The lowest BCUT2D eigenvalue weighted by molar-refractivity contribution is 0.355. The van der Waals surface area contributed by atoms with Gasteiger partial charge in [-0.25, -0.2) is 0 Å². The number of anilines is 1. The van der Waals surface area contributed by atoms with Crippen LogP contribution in [0.25, 0.3) is 0 Å². The van der Waals surface area contributed by atoms with Gasteiger partial charge in [-0.05, 0) is 18.1 Å². The van der Waals surface area contributed by atoms with Crippen LogP contribution in [-0.2, 0) is 0 Å². The number of nitrogens with one attached hydrogen (secondary N) is 1. The molecule has 0 saturated heterocycles. The predicted octanol–water partition coefficient (Wildman–Crippen LogP) is 3.24. The maximum Gasteiger partial charge on any atom is 0.162 e. The normalized spacial score (nSPS) is 18.4. The van der Waals surface area contributed by atoms with Crippen molar-refractivity contribution in [3.63, 3.8) is 0 Å². The van der Waals surface area contributed by atoms with Crippen molar-refractivity contribution in [2.75, 3.05) is 26.1 Å². The van der Waals surface area contributed by atoms with Crippen LogP contribution in [0.3, 0.4) is 0 Å². The van der Waals surface area contributed by atoms with Gasteiger partial charge in [-0.2, -0.15) is 0 Å². The van der Waals surface area contributed by atoms with Gasteiger partial charge < -0.3 is 14.8 Å². The molecule has 0 bridgehead atoms. The summed E-state index contributed by atoms with van der Waals surface area (Å²) in [6.45, 7) is 5.34. The lowest BCUT2D eigenvalue weighted by Crippen LogP contribution is -2.13. The van der Waals surface area contributed by atoms with Crippen molar-refractivity contribution in [3.8, 4) is 11.5 Å². The number of hydrogen-bond acceptors (Lipinski definition) is 5. The predicted molar refractivity (Wildman–Crippen MR) is 81.7 cm³/mol. The molecule has 0 amide bonds. The summed E-state index contributed by atoms with van der Waals surface area (Å²) in [4.78, 5) is 4.53. The van der Waals surface area contributed by atoms with Crippen LogP contribution in [0.4, 0.5) is 5.69 Å². The van der Waals surface area contributed by atoms with E-state index in [1.807, 2.05) is 18.2 Å². The molecular weight excluding hydrogens is 260 g/mol. The molecule has 0 spiro atoms. The third-order valence-electron chi connectivity index (χ3n) is 3.06. The second-order valence-electron chi connectivity index (χ2n) is 4.74. The molecule has 4 nitrogen and oxygen atoms in total. The molecule has 1 aliphatic rings. The Hall–Kier alpha value is -1.36. The third kappa shape index (κ3) is 3.35. The molecule has 1 N–H and O–H groups in total. The van der Waals surface area contributed by atoms with E-state index in [2.05, 4.69) is 24.2 Å². The van der Waals surface area contributed by atoms with E-state index in [1.54, 1.807) is 26.0 Å². The molecule has 0 saturated carbocycles. The number of benzene rings is 1. The number of ether oxygens (including phenoxy) is 2. The molecule has 2 rings (SSSR count). The van der Waals surface area contributed by atoms with Gasteiger partial charge in [-0.3, -0.25) is 4.99 Å². The third-order valence-corrected chi connectivity index (χ3v) is 4.51. The van der Waals surface area contributed by atoms with E-state index in [0.717, 1.165) is 28.9 Å². The van der Waals surface area contributed by atoms with Gasteiger partial charge in [0, 0.05) is 17.0 Å². The highest BCUT2D eigenvalue weighted by atomic mass is 32.2. The Morgan fingerprint density at radius 1 is 1.26 bits per heavy atom. The van der Waals surface area contributed by atoms with Crippen LogP contribution in [0.15, 0.2) is 23.2 Å². The zero-order valence-corrected chi connectivity index (χ0v) is 12.6. The van der Waals surface area contributed by atoms with Crippen molar-refractivity contribution in [1.29, 1.82) is 0 Å². The number of methoxy groups -OCH3 is 2. The molecule has 0 aliphatic carbocycles. The van der Waals surface area contributed by atoms with Crippen molar-refractivity contribution in [1.82, 2.24) is 0 Å². The molecule has 1 aromatic carbocycles. The number of hydrogen-bond donors (Lipinski definition) is 1. The van der Waals surface area contributed by atoms with Crippen LogP contribution in [0.1, 0.15) is 13.8 Å². The molecule has 19 heavy (non-hydrogen) atoms. The van der Waals surface area contributed by atoms with E-state index < -0.39 is 0 Å². The summed E-state index contributed by atoms with van der Waals surface area (Å²) in [5.41, 5.74) is 0.966. The van der Waals surface area contributed by atoms with E-state index in [0.29, 0.717) is 11.2 Å². The van der Waals surface area contributed by atoms with Crippen LogP contribution in [0.5, 0.6) is 11.5 Å². The van der Waals surface area contributed by atoms with Crippen LogP contribution < -0.4 is 14.8 Å². The molecule has 1 unspecified atom stereocenters. The molecule has 104 valence electrons. The number of nitrogens with zero attached hydrogens (tertiary/aromatic N) is 1. The number of rotatable bonds is 4. The van der Waals surface area contributed by atoms with Gasteiger partial charge in [-0.1, -0.05) is 25.6 Å². The van der Waals surface area contributed by atoms with Crippen LogP contribution in [0, 0.1) is 5.92 Å². The molecule has 5 heteroatoms. The number of thioether (sulfide) groups is 1. The molecule has 1 aromatic rings. The van der Waals surface area contributed by atoms with Crippen molar-refractivity contribution >= 4 is 22.6 Å². The Bertz CT molecular complexity index is 475. The summed E-state index contributed by atoms with van der Waals surface area (Å²) in [5, 5.41) is 4.88. The first-order valence-electron chi connectivity index (χ1n) is 6.34. The zero-order chi connectivity index (χ0) is 13.8. The summed E-state index contributed by atoms with van der Waals surface area (Å²) in [7, 11) is 3.27. The quantitative estimate of drug-likeness (QED) is 0.919. The van der Waals surface area contributed by atoms with E-state index in [1.165, 1.54) is 0 Å². The number of amidine groups is 1. The second-order valence-corrected chi connectivity index (χ2v) is 5.97. The minimum Gasteiger partial charge on any atom is -0.493 e. The first-order chi connectivity index (χ1) is 9.13. The fraction of sp³-hybridized carbons (Fsp3) is 0.500. The summed E-state index contributed by atoms with van der Waals surface area (Å²) >= 11 is 1.80. The fourth-order valence-corrected chi connectivity index (χ4v) is 2.88. The Kier molecular flexibility index (Phi) is 4.58. The van der Waals surface area contributed by atoms with Gasteiger partial charge in [0.05, 0.1) is 20.8 Å². The molecule has 1 aliphatic heterocycles. The lowest BCUT2D eigenvalue weighted by atomic mass is 10.1. The Morgan fingerprint density at radius 3 is 2.58 bits per heavy atom. The molecule has 0 aromatic heterocycles. The highest BCUT2D eigenvalue weighted by Gasteiger charge is 2.22. The second kappa shape index (κ2) is 6.19. The van der Waals surface area contributed by atoms with E-state index in [-0.39, 0.29) is 0 Å². The van der Waals surface area contributed by atoms with E-state index in [9.17, 15) is 0 Å². The largest absolute Gasteiger partial charge is 0.493 e. The Labute approximate surface area is 118 Å². The average Bonchev–Trinajstić information content (AvgIpc) is 2.87. The smallest absolute Gasteiger partial charge is 0.162 e. The molecule has 1 atom stereocenters. The first-order valence-corrected chi connectivity index (χ1v) is 7.22. The zero-order valence-electron chi connectivity index (χ0n) is 11.8. The highest BCUT2D eigenvalue weighted by Crippen LogP contribution is 2.32. The molecule has 1 heterocycles. The van der Waals surface area contributed by atoms with Crippen LogP contribution in [0.2, 0.25) is 0 Å². The highest BCUT2D eigenvalue weighted by molar-refractivity contribution is 8.15. The average molecular weight is 280 g/mol. The van der Waals surface area contributed by atoms with Crippen LogP contribution >= 0.6 is 11.8 Å². The Balaban J connectivity index is 2.04. The Morgan fingerprint density at radius 2 is 2.00 bits per heavy atom. The fourth-order valence-electron chi connectivity index (χ4n) is 1.84. The summed E-state index contributed by atoms with van der Waals surface area (Å²) in [6.07, 6.45) is 0. The molecule has 0 radical (unpaired) electrons. The molecule has 0 fully saturated rings. The summed E-state index contributed by atoms with van der Waals surface area (Å²) in [5.74, 6) is 2.09. The maximum absolute atomic E-state index is 5.29. The van der Waals surface area contributed by atoms with Gasteiger partial charge in [0.2, 0.25) is 0 Å². The van der Waals surface area contributed by atoms with E-state index in [4.69, 9.17) is 9.47 Å². The van der Waals surface area contributed by atoms with Gasteiger partial charge >= 0.3 is 0 Å². The SMILES string of the molecule is COc1ccc(NC2=NCC(C(C)C)S2)cc1OC. The van der Waals surface area contributed by atoms with Gasteiger partial charge in [0.1, 0.15) is 0 Å². The molecular formula is C14H20N2O2S. The van der Waals surface area contributed by atoms with Crippen molar-refractivity contribution in [2.45, 2.75) is 19.1 Å². The van der Waals surface area contributed by atoms with E-state index >= 15 is 0 Å². The summed E-state index contributed by atoms with van der Waals surface area (Å²) < 4.78 is 10.5. The standard InChI is InChI=1S/C14H20N2O2S/c1-9(2)13-8-15-14(19-13)16-10-5-6-11(17-3)12(7-10)18-4/h5-7,9,13H,8H2,1-4H3,(H,15,16). The van der Waals surface area contributed by atoms with Gasteiger partial charge in [-0.15, -0.1) is 0 Å². The number of aliphatic imine (C=N–C) groups is 1. The monoisotopic (exact) mass is 280 g/mol. The van der Waals surface area contributed by atoms with Crippen molar-refractivity contribution in [2.24, 2.45) is 10.9 Å². The minimum absolute atomic E-state index is 0.572. The summed E-state index contributed by atoms with van der Waals surface area (Å²) in [6, 6.07) is 5.78. The van der Waals surface area contributed by atoms with Crippen molar-refractivity contribution < 1.29 is 9.47 Å². The van der Waals surface area contributed by atoms with Crippen LogP contribution in [-0.4, -0.2) is 31.2 Å². The van der Waals surface area contributed by atoms with Gasteiger partial charge in [0.15, 0.2) is 16.7 Å². The topological polar surface area (TPSA) is 42.8 Å². The minimum atomic E-state index is 0.572.